The Labute approximate surface area is 55.4 Å². The van der Waals surface area contributed by atoms with Crippen molar-refractivity contribution >= 4 is 5.91 Å². The van der Waals surface area contributed by atoms with E-state index in [0.29, 0.717) is 5.92 Å². The van der Waals surface area contributed by atoms with Crippen LogP contribution in [0.2, 0.25) is 0 Å². The van der Waals surface area contributed by atoms with Crippen LogP contribution in [0.25, 0.3) is 0 Å². The lowest BCUT2D eigenvalue weighted by atomic mass is 10.0. The zero-order chi connectivity index (χ0) is 7.44. The van der Waals surface area contributed by atoms with Gasteiger partial charge in [-0.25, -0.2) is 0 Å². The van der Waals surface area contributed by atoms with Gasteiger partial charge < -0.3 is 11.5 Å². The van der Waals surface area contributed by atoms with Crippen molar-refractivity contribution in [1.29, 1.82) is 0 Å². The monoisotopic (exact) mass is 131 g/mol. The maximum atomic E-state index is 10.4. The number of hydrogen-bond acceptors (Lipinski definition) is 1. The van der Waals surface area contributed by atoms with Crippen LogP contribution in [0.1, 0.15) is 20.3 Å². The van der Waals surface area contributed by atoms with Crippen LogP contribution in [0, 0.1) is 5.92 Å². The molecule has 0 aromatic rings. The third-order valence-corrected chi connectivity index (χ3v) is 1.16. The smallest absolute Gasteiger partial charge is 0.275 e. The Kier molecular flexibility index (Phi) is 3.24. The molecule has 0 spiro atoms. The minimum atomic E-state index is -0.302. The number of quaternary nitrogens is 1. The van der Waals surface area contributed by atoms with Gasteiger partial charge in [-0.15, -0.1) is 0 Å². The average Bonchev–Trinajstić information content (AvgIpc) is 1.63. The quantitative estimate of drug-likeness (QED) is 0.513. The van der Waals surface area contributed by atoms with E-state index in [4.69, 9.17) is 5.73 Å². The van der Waals surface area contributed by atoms with Gasteiger partial charge in [-0.1, -0.05) is 13.8 Å². The molecule has 5 N–H and O–H groups in total. The largest absolute Gasteiger partial charge is 0.365 e. The number of carbonyl (C=O) groups excluding carboxylic acids is 1. The van der Waals surface area contributed by atoms with Crippen LogP contribution in [0.4, 0.5) is 0 Å². The van der Waals surface area contributed by atoms with Crippen molar-refractivity contribution in [3.05, 3.63) is 0 Å². The van der Waals surface area contributed by atoms with Crippen LogP contribution in [-0.2, 0) is 4.79 Å². The van der Waals surface area contributed by atoms with Crippen LogP contribution >= 0.6 is 0 Å². The standard InChI is InChI=1S/C6H14N2O/c1-4(2)3-5(7)6(8)9/h4-5H,3,7H2,1-2H3,(H2,8,9)/p+1/t5-/m0/s1. The molecule has 0 aliphatic carbocycles. The van der Waals surface area contributed by atoms with Gasteiger partial charge in [-0.2, -0.15) is 0 Å². The number of primary amides is 1. The van der Waals surface area contributed by atoms with Crippen LogP contribution in [0.5, 0.6) is 0 Å². The van der Waals surface area contributed by atoms with E-state index in [1.54, 1.807) is 0 Å². The molecule has 0 aliphatic heterocycles. The normalized spacial score (nSPS) is 13.8. The fourth-order valence-corrected chi connectivity index (χ4v) is 0.685. The summed E-state index contributed by atoms with van der Waals surface area (Å²) in [5.74, 6) is 0.198. The summed E-state index contributed by atoms with van der Waals surface area (Å²) in [6, 6.07) is -0.218. The first kappa shape index (κ1) is 8.43. The molecule has 3 nitrogen and oxygen atoms in total. The Morgan fingerprint density at radius 1 is 1.67 bits per heavy atom. The lowest BCUT2D eigenvalue weighted by Crippen LogP contribution is -2.67. The molecule has 0 saturated carbocycles. The van der Waals surface area contributed by atoms with Gasteiger partial charge in [0.1, 0.15) is 0 Å². The molecule has 0 fully saturated rings. The summed E-state index contributed by atoms with van der Waals surface area (Å²) in [7, 11) is 0. The van der Waals surface area contributed by atoms with Crippen LogP contribution in [0.15, 0.2) is 0 Å². The van der Waals surface area contributed by atoms with Gasteiger partial charge in [0, 0.05) is 6.42 Å². The number of carbonyl (C=O) groups is 1. The molecule has 1 atom stereocenters. The first-order valence-electron chi connectivity index (χ1n) is 3.16. The highest BCUT2D eigenvalue weighted by molar-refractivity contribution is 5.78. The first-order chi connectivity index (χ1) is 4.04. The fraction of sp³-hybridized carbons (Fsp3) is 0.833. The summed E-state index contributed by atoms with van der Waals surface area (Å²) >= 11 is 0. The summed E-state index contributed by atoms with van der Waals surface area (Å²) < 4.78 is 0. The topological polar surface area (TPSA) is 70.7 Å². The SMILES string of the molecule is CC(C)C[C@H]([NH3+])C(N)=O. The van der Waals surface area contributed by atoms with Crippen LogP contribution in [0.3, 0.4) is 0 Å². The zero-order valence-electron chi connectivity index (χ0n) is 6.05. The van der Waals surface area contributed by atoms with E-state index >= 15 is 0 Å². The third kappa shape index (κ3) is 3.97. The molecule has 0 radical (unpaired) electrons. The summed E-state index contributed by atoms with van der Waals surface area (Å²) in [6.45, 7) is 4.09. The lowest BCUT2D eigenvalue weighted by molar-refractivity contribution is -0.406. The van der Waals surface area contributed by atoms with Crippen molar-refractivity contribution in [2.24, 2.45) is 11.7 Å². The minimum absolute atomic E-state index is 0.218. The molecule has 0 aliphatic rings. The molecule has 9 heavy (non-hydrogen) atoms. The summed E-state index contributed by atoms with van der Waals surface area (Å²) in [6.07, 6.45) is 0.787. The summed E-state index contributed by atoms with van der Waals surface area (Å²) in [4.78, 5) is 10.4. The van der Waals surface area contributed by atoms with Crippen LogP contribution < -0.4 is 11.5 Å². The van der Waals surface area contributed by atoms with Crippen molar-refractivity contribution in [1.82, 2.24) is 0 Å². The fourth-order valence-electron chi connectivity index (χ4n) is 0.685. The second-order valence-corrected chi connectivity index (χ2v) is 2.73. The van der Waals surface area contributed by atoms with Gasteiger partial charge in [-0.05, 0) is 5.92 Å². The average molecular weight is 131 g/mol. The third-order valence-electron chi connectivity index (χ3n) is 1.16. The van der Waals surface area contributed by atoms with E-state index < -0.39 is 0 Å². The number of amides is 1. The number of hydrogen-bond donors (Lipinski definition) is 2. The van der Waals surface area contributed by atoms with E-state index in [0.717, 1.165) is 6.42 Å². The summed E-state index contributed by atoms with van der Waals surface area (Å²) in [5, 5.41) is 0. The molecule has 0 rings (SSSR count). The van der Waals surface area contributed by atoms with Gasteiger partial charge in [0.15, 0.2) is 6.04 Å². The second kappa shape index (κ2) is 3.45. The van der Waals surface area contributed by atoms with Crippen molar-refractivity contribution in [2.45, 2.75) is 26.3 Å². The Morgan fingerprint density at radius 3 is 2.22 bits per heavy atom. The van der Waals surface area contributed by atoms with Crippen molar-refractivity contribution in [3.63, 3.8) is 0 Å². The van der Waals surface area contributed by atoms with E-state index in [1.165, 1.54) is 0 Å². The number of nitrogens with two attached hydrogens (primary N) is 1. The van der Waals surface area contributed by atoms with Crippen LogP contribution in [-0.4, -0.2) is 11.9 Å². The molecular formula is C6H15N2O+. The predicted molar refractivity (Wildman–Crippen MR) is 35.3 cm³/mol. The van der Waals surface area contributed by atoms with Gasteiger partial charge in [-0.3, -0.25) is 4.79 Å². The van der Waals surface area contributed by atoms with E-state index in [1.807, 2.05) is 13.8 Å². The molecule has 0 aromatic heterocycles. The van der Waals surface area contributed by atoms with Crippen molar-refractivity contribution < 1.29 is 10.5 Å². The Bertz CT molecular complexity index is 101. The molecule has 0 aromatic carbocycles. The van der Waals surface area contributed by atoms with E-state index in [9.17, 15) is 4.79 Å². The Hall–Kier alpha value is -0.570. The molecule has 3 heteroatoms. The lowest BCUT2D eigenvalue weighted by Gasteiger charge is -2.05. The molecule has 54 valence electrons. The van der Waals surface area contributed by atoms with Gasteiger partial charge >= 0.3 is 0 Å². The highest BCUT2D eigenvalue weighted by atomic mass is 16.1. The summed E-state index contributed by atoms with van der Waals surface area (Å²) in [5.41, 5.74) is 8.59. The Balaban J connectivity index is 3.50. The number of rotatable bonds is 3. The molecule has 0 saturated heterocycles. The molecule has 0 bridgehead atoms. The molecule has 0 unspecified atom stereocenters. The highest BCUT2D eigenvalue weighted by Gasteiger charge is 2.13. The zero-order valence-corrected chi connectivity index (χ0v) is 6.05. The first-order valence-corrected chi connectivity index (χ1v) is 3.16. The maximum Gasteiger partial charge on any atom is 0.275 e. The highest BCUT2D eigenvalue weighted by Crippen LogP contribution is 1.99. The molecule has 0 heterocycles. The van der Waals surface area contributed by atoms with Crippen molar-refractivity contribution in [3.8, 4) is 0 Å². The maximum absolute atomic E-state index is 10.4. The molecular weight excluding hydrogens is 116 g/mol. The second-order valence-electron chi connectivity index (χ2n) is 2.73. The van der Waals surface area contributed by atoms with Gasteiger partial charge in [0.2, 0.25) is 0 Å². The Morgan fingerprint density at radius 2 is 2.11 bits per heavy atom. The van der Waals surface area contributed by atoms with E-state index in [-0.39, 0.29) is 11.9 Å². The molecule has 1 amide bonds. The van der Waals surface area contributed by atoms with Gasteiger partial charge in [0.25, 0.3) is 5.91 Å². The van der Waals surface area contributed by atoms with E-state index in [2.05, 4.69) is 5.73 Å². The van der Waals surface area contributed by atoms with Gasteiger partial charge in [0.05, 0.1) is 0 Å². The van der Waals surface area contributed by atoms with Crippen molar-refractivity contribution in [2.75, 3.05) is 0 Å². The minimum Gasteiger partial charge on any atom is -0.365 e. The predicted octanol–water partition coefficient (Wildman–Crippen LogP) is -0.872.